The molecule has 0 amide bonds. The summed E-state index contributed by atoms with van der Waals surface area (Å²) < 4.78 is 38.7. The van der Waals surface area contributed by atoms with Gasteiger partial charge in [-0.1, -0.05) is 26.8 Å². The van der Waals surface area contributed by atoms with Crippen LogP contribution in [0.4, 0.5) is 13.2 Å². The average Bonchev–Trinajstić information content (AvgIpc) is 2.23. The van der Waals surface area contributed by atoms with E-state index in [4.69, 9.17) is 5.73 Å². The topological polar surface area (TPSA) is 26.0 Å². The number of rotatable bonds is 3. The summed E-state index contributed by atoms with van der Waals surface area (Å²) in [7, 11) is 0. The van der Waals surface area contributed by atoms with Crippen LogP contribution in [0.25, 0.3) is 0 Å². The molecule has 0 aliphatic rings. The van der Waals surface area contributed by atoms with Crippen LogP contribution in [0, 0.1) is 0 Å². The lowest BCUT2D eigenvalue weighted by Gasteiger charge is -2.22. The fourth-order valence-corrected chi connectivity index (χ4v) is 1.83. The van der Waals surface area contributed by atoms with Crippen molar-refractivity contribution in [3.63, 3.8) is 0 Å². The molecule has 1 aromatic rings. The molecule has 108 valence electrons. The molecule has 0 saturated heterocycles. The zero-order chi connectivity index (χ0) is 14.8. The third kappa shape index (κ3) is 4.86. The van der Waals surface area contributed by atoms with Gasteiger partial charge in [-0.15, -0.1) is 0 Å². The Morgan fingerprint density at radius 2 is 1.58 bits per heavy atom. The normalized spacial score (nSPS) is 14.5. The maximum Gasteiger partial charge on any atom is 0.416 e. The maximum atomic E-state index is 12.9. The molecule has 1 aromatic carbocycles. The minimum absolute atomic E-state index is 0.00682. The van der Waals surface area contributed by atoms with Crippen LogP contribution in [0.15, 0.2) is 18.2 Å². The van der Waals surface area contributed by atoms with Crippen LogP contribution in [-0.2, 0) is 18.0 Å². The summed E-state index contributed by atoms with van der Waals surface area (Å²) in [6.07, 6.45) is -3.04. The lowest BCUT2D eigenvalue weighted by atomic mass is 9.84. The highest BCUT2D eigenvalue weighted by atomic mass is 19.4. The first-order valence-corrected chi connectivity index (χ1v) is 6.47. The van der Waals surface area contributed by atoms with Crippen molar-refractivity contribution < 1.29 is 13.2 Å². The van der Waals surface area contributed by atoms with Gasteiger partial charge in [-0.2, -0.15) is 13.2 Å². The number of hydrogen-bond acceptors (Lipinski definition) is 1. The van der Waals surface area contributed by atoms with Crippen molar-refractivity contribution in [3.05, 3.63) is 34.9 Å². The van der Waals surface area contributed by atoms with Crippen molar-refractivity contribution in [1.29, 1.82) is 0 Å². The Hall–Kier alpha value is -1.03. The molecular formula is C15H22F3N. The Balaban J connectivity index is 3.17. The summed E-state index contributed by atoms with van der Waals surface area (Å²) in [5, 5.41) is 0. The average molecular weight is 273 g/mol. The van der Waals surface area contributed by atoms with Crippen LogP contribution in [0.1, 0.15) is 50.8 Å². The number of hydrogen-bond donors (Lipinski definition) is 1. The number of benzene rings is 1. The zero-order valence-corrected chi connectivity index (χ0v) is 11.9. The van der Waals surface area contributed by atoms with Gasteiger partial charge in [0.05, 0.1) is 5.56 Å². The summed E-state index contributed by atoms with van der Waals surface area (Å²) in [6, 6.07) is 4.33. The molecule has 0 bridgehead atoms. The van der Waals surface area contributed by atoms with Crippen LogP contribution in [-0.4, -0.2) is 6.04 Å². The molecule has 2 N–H and O–H groups in total. The number of halogens is 3. The minimum atomic E-state index is -4.30. The summed E-state index contributed by atoms with van der Waals surface area (Å²) >= 11 is 0. The smallest absolute Gasteiger partial charge is 0.328 e. The van der Waals surface area contributed by atoms with Crippen molar-refractivity contribution in [1.82, 2.24) is 0 Å². The molecule has 0 saturated carbocycles. The fraction of sp³-hybridized carbons (Fsp3) is 0.600. The second-order valence-electron chi connectivity index (χ2n) is 6.18. The lowest BCUT2D eigenvalue weighted by molar-refractivity contribution is -0.137. The predicted molar refractivity (Wildman–Crippen MR) is 72.1 cm³/mol. The van der Waals surface area contributed by atoms with E-state index >= 15 is 0 Å². The monoisotopic (exact) mass is 273 g/mol. The van der Waals surface area contributed by atoms with Gasteiger partial charge in [-0.3, -0.25) is 0 Å². The standard InChI is InChI=1S/C15H22F3N/c1-10(19)5-6-11-7-12(14(2,3)4)9-13(8-11)15(16,17)18/h7-10H,5-6,19H2,1-4H3/t10-/m1/s1. The molecule has 1 rings (SSSR count). The van der Waals surface area contributed by atoms with E-state index in [-0.39, 0.29) is 11.5 Å². The Labute approximate surface area is 113 Å². The first-order chi connectivity index (χ1) is 8.50. The number of aryl methyl sites for hydroxylation is 1. The first kappa shape index (κ1) is 16.0. The summed E-state index contributed by atoms with van der Waals surface area (Å²) in [5.74, 6) is 0. The van der Waals surface area contributed by atoms with Gasteiger partial charge in [0.25, 0.3) is 0 Å². The fourth-order valence-electron chi connectivity index (χ4n) is 1.83. The SMILES string of the molecule is C[C@@H](N)CCc1cc(C(C)(C)C)cc(C(F)(F)F)c1. The van der Waals surface area contributed by atoms with Gasteiger partial charge in [0.1, 0.15) is 0 Å². The largest absolute Gasteiger partial charge is 0.416 e. The Bertz CT molecular complexity index is 396. The zero-order valence-electron chi connectivity index (χ0n) is 11.9. The van der Waals surface area contributed by atoms with Crippen molar-refractivity contribution in [3.8, 4) is 0 Å². The van der Waals surface area contributed by atoms with Crippen molar-refractivity contribution in [2.45, 2.75) is 58.2 Å². The van der Waals surface area contributed by atoms with E-state index in [1.807, 2.05) is 33.8 Å². The summed E-state index contributed by atoms with van der Waals surface area (Å²) in [5.41, 5.74) is 6.21. The van der Waals surface area contributed by atoms with Crippen molar-refractivity contribution in [2.75, 3.05) is 0 Å². The minimum Gasteiger partial charge on any atom is -0.328 e. The molecule has 0 aromatic heterocycles. The van der Waals surface area contributed by atoms with Gasteiger partial charge in [0, 0.05) is 6.04 Å². The van der Waals surface area contributed by atoms with Crippen LogP contribution >= 0.6 is 0 Å². The quantitative estimate of drug-likeness (QED) is 0.873. The van der Waals surface area contributed by atoms with E-state index in [1.165, 1.54) is 12.1 Å². The van der Waals surface area contributed by atoms with E-state index < -0.39 is 11.7 Å². The van der Waals surface area contributed by atoms with Gasteiger partial charge in [-0.25, -0.2) is 0 Å². The molecular weight excluding hydrogens is 251 g/mol. The predicted octanol–water partition coefficient (Wildman–Crippen LogP) is 4.28. The first-order valence-electron chi connectivity index (χ1n) is 6.47. The second kappa shape index (κ2) is 5.53. The van der Waals surface area contributed by atoms with Gasteiger partial charge < -0.3 is 5.73 Å². The Morgan fingerprint density at radius 3 is 2.00 bits per heavy atom. The maximum absolute atomic E-state index is 12.9. The third-order valence-corrected chi connectivity index (χ3v) is 3.07. The van der Waals surface area contributed by atoms with Gasteiger partial charge >= 0.3 is 6.18 Å². The molecule has 0 radical (unpaired) electrons. The highest BCUT2D eigenvalue weighted by Crippen LogP contribution is 2.34. The number of nitrogens with two attached hydrogens (primary N) is 1. The Morgan fingerprint density at radius 1 is 1.05 bits per heavy atom. The van der Waals surface area contributed by atoms with Crippen LogP contribution in [0.3, 0.4) is 0 Å². The van der Waals surface area contributed by atoms with Crippen LogP contribution in [0.5, 0.6) is 0 Å². The van der Waals surface area contributed by atoms with Gasteiger partial charge in [0.2, 0.25) is 0 Å². The van der Waals surface area contributed by atoms with E-state index in [9.17, 15) is 13.2 Å². The summed E-state index contributed by atoms with van der Waals surface area (Å²) in [4.78, 5) is 0. The van der Waals surface area contributed by atoms with Crippen LogP contribution in [0.2, 0.25) is 0 Å². The number of alkyl halides is 3. The van der Waals surface area contributed by atoms with Crippen LogP contribution < -0.4 is 5.73 Å². The molecule has 4 heteroatoms. The van der Waals surface area contributed by atoms with E-state index in [1.54, 1.807) is 0 Å². The van der Waals surface area contributed by atoms with Crippen molar-refractivity contribution in [2.24, 2.45) is 5.73 Å². The molecule has 0 spiro atoms. The molecule has 19 heavy (non-hydrogen) atoms. The molecule has 0 aliphatic carbocycles. The molecule has 0 heterocycles. The van der Waals surface area contributed by atoms with Gasteiger partial charge in [0.15, 0.2) is 0 Å². The van der Waals surface area contributed by atoms with E-state index in [0.29, 0.717) is 24.0 Å². The van der Waals surface area contributed by atoms with E-state index in [0.717, 1.165) is 0 Å². The molecule has 0 aliphatic heterocycles. The molecule has 1 nitrogen and oxygen atoms in total. The highest BCUT2D eigenvalue weighted by molar-refractivity contribution is 5.35. The highest BCUT2D eigenvalue weighted by Gasteiger charge is 2.32. The molecule has 0 fully saturated rings. The summed E-state index contributed by atoms with van der Waals surface area (Å²) in [6.45, 7) is 7.60. The van der Waals surface area contributed by atoms with E-state index in [2.05, 4.69) is 0 Å². The second-order valence-corrected chi connectivity index (χ2v) is 6.18. The lowest BCUT2D eigenvalue weighted by Crippen LogP contribution is -2.17. The van der Waals surface area contributed by atoms with Gasteiger partial charge in [-0.05, 0) is 48.4 Å². The third-order valence-electron chi connectivity index (χ3n) is 3.07. The van der Waals surface area contributed by atoms with Crippen molar-refractivity contribution >= 4 is 0 Å². The molecule has 1 atom stereocenters. The molecule has 0 unspecified atom stereocenters. The Kier molecular flexibility index (Phi) is 4.67.